The number of aliphatic hydroxyl groups is 4. The minimum absolute atomic E-state index is 0.101. The largest absolute Gasteiger partial charge is 0.508 e. The predicted octanol–water partition coefficient (Wildman–Crippen LogP) is 0.152. The zero-order chi connectivity index (χ0) is 21.1. The predicted molar refractivity (Wildman–Crippen MR) is 101 cm³/mol. The second-order valence-corrected chi connectivity index (χ2v) is 6.62. The van der Waals surface area contributed by atoms with Gasteiger partial charge in [-0.2, -0.15) is 0 Å². The van der Waals surface area contributed by atoms with Crippen LogP contribution in [0.4, 0.5) is 0 Å². The fourth-order valence-corrected chi connectivity index (χ4v) is 2.92. The van der Waals surface area contributed by atoms with Crippen molar-refractivity contribution in [3.05, 3.63) is 47.5 Å². The van der Waals surface area contributed by atoms with Gasteiger partial charge in [-0.3, -0.25) is 0 Å². The van der Waals surface area contributed by atoms with Gasteiger partial charge in [0.25, 0.3) is 0 Å². The minimum Gasteiger partial charge on any atom is -0.508 e. The van der Waals surface area contributed by atoms with E-state index in [4.69, 9.17) is 9.47 Å². The first-order valence-electron chi connectivity index (χ1n) is 8.80. The van der Waals surface area contributed by atoms with Gasteiger partial charge in [0.2, 0.25) is 6.29 Å². The number of aromatic hydroxyl groups is 3. The van der Waals surface area contributed by atoms with Gasteiger partial charge in [-0.05, 0) is 23.8 Å². The van der Waals surface area contributed by atoms with E-state index in [9.17, 15) is 35.7 Å². The maximum atomic E-state index is 10.2. The summed E-state index contributed by atoms with van der Waals surface area (Å²) in [5, 5.41) is 68.5. The van der Waals surface area contributed by atoms with Crippen LogP contribution in [0.3, 0.4) is 0 Å². The first-order chi connectivity index (χ1) is 13.8. The monoisotopic (exact) mass is 406 g/mol. The van der Waals surface area contributed by atoms with Crippen LogP contribution in [-0.4, -0.2) is 73.1 Å². The Balaban J connectivity index is 1.89. The quantitative estimate of drug-likeness (QED) is 0.343. The van der Waals surface area contributed by atoms with Crippen molar-refractivity contribution in [3.63, 3.8) is 0 Å². The summed E-state index contributed by atoms with van der Waals surface area (Å²) < 4.78 is 10.8. The van der Waals surface area contributed by atoms with Crippen LogP contribution in [0.25, 0.3) is 12.2 Å². The molecule has 9 nitrogen and oxygen atoms in total. The molecule has 7 N–H and O–H groups in total. The minimum atomic E-state index is -1.66. The Morgan fingerprint density at radius 2 is 1.55 bits per heavy atom. The fraction of sp³-hybridized carbons (Fsp3) is 0.300. The SMILES string of the molecule is OC[C@H]1OC(Oc2c(O)cc(O)cc2/C=C/c2ccc(O)cc2)[C@H](O)[C@@H](O)[C@@H]1O. The summed E-state index contributed by atoms with van der Waals surface area (Å²) in [6, 6.07) is 8.60. The van der Waals surface area contributed by atoms with Crippen molar-refractivity contribution in [2.45, 2.75) is 30.7 Å². The van der Waals surface area contributed by atoms with Crippen LogP contribution >= 0.6 is 0 Å². The van der Waals surface area contributed by atoms with Gasteiger partial charge >= 0.3 is 0 Å². The highest BCUT2D eigenvalue weighted by atomic mass is 16.7. The van der Waals surface area contributed by atoms with Crippen molar-refractivity contribution in [2.75, 3.05) is 6.61 Å². The molecule has 1 aliphatic heterocycles. The van der Waals surface area contributed by atoms with Gasteiger partial charge in [-0.1, -0.05) is 24.3 Å². The maximum absolute atomic E-state index is 10.2. The Bertz CT molecular complexity index is 863. The summed E-state index contributed by atoms with van der Waals surface area (Å²) in [5.74, 6) is -0.743. The Hall–Kier alpha value is -2.82. The number of hydrogen-bond acceptors (Lipinski definition) is 9. The van der Waals surface area contributed by atoms with Crippen LogP contribution in [0.1, 0.15) is 11.1 Å². The van der Waals surface area contributed by atoms with E-state index in [1.807, 2.05) is 0 Å². The molecule has 9 heteroatoms. The van der Waals surface area contributed by atoms with Crippen LogP contribution in [0, 0.1) is 0 Å². The van der Waals surface area contributed by atoms with Gasteiger partial charge in [0, 0.05) is 11.6 Å². The summed E-state index contributed by atoms with van der Waals surface area (Å²) >= 11 is 0. The molecule has 0 radical (unpaired) electrons. The highest BCUT2D eigenvalue weighted by Crippen LogP contribution is 2.38. The van der Waals surface area contributed by atoms with E-state index in [0.29, 0.717) is 5.56 Å². The lowest BCUT2D eigenvalue weighted by Crippen LogP contribution is -2.60. The number of benzene rings is 2. The molecule has 1 heterocycles. The highest BCUT2D eigenvalue weighted by Gasteiger charge is 2.45. The topological polar surface area (TPSA) is 160 Å². The van der Waals surface area contributed by atoms with Gasteiger partial charge < -0.3 is 45.2 Å². The molecule has 5 atom stereocenters. The summed E-state index contributed by atoms with van der Waals surface area (Å²) in [7, 11) is 0. The van der Waals surface area contributed by atoms with Crippen LogP contribution < -0.4 is 4.74 Å². The molecule has 2 aromatic rings. The average Bonchev–Trinajstić information content (AvgIpc) is 2.69. The van der Waals surface area contributed by atoms with E-state index in [2.05, 4.69) is 0 Å². The number of aliphatic hydroxyl groups excluding tert-OH is 4. The van der Waals surface area contributed by atoms with E-state index in [-0.39, 0.29) is 22.8 Å². The van der Waals surface area contributed by atoms with E-state index in [1.54, 1.807) is 18.2 Å². The molecule has 1 aliphatic rings. The van der Waals surface area contributed by atoms with Crippen molar-refractivity contribution in [1.29, 1.82) is 0 Å². The maximum Gasteiger partial charge on any atom is 0.229 e. The molecular weight excluding hydrogens is 384 g/mol. The molecule has 0 aliphatic carbocycles. The number of rotatable bonds is 5. The third-order valence-corrected chi connectivity index (χ3v) is 4.51. The molecule has 0 aromatic heterocycles. The second-order valence-electron chi connectivity index (χ2n) is 6.62. The van der Waals surface area contributed by atoms with Crippen LogP contribution in [0.2, 0.25) is 0 Å². The first-order valence-corrected chi connectivity index (χ1v) is 8.80. The number of hydrogen-bond donors (Lipinski definition) is 7. The van der Waals surface area contributed by atoms with E-state index >= 15 is 0 Å². The molecule has 1 saturated heterocycles. The molecular formula is C20H22O9. The van der Waals surface area contributed by atoms with E-state index in [1.165, 1.54) is 24.3 Å². The lowest BCUT2D eigenvalue weighted by atomic mass is 9.99. The third kappa shape index (κ3) is 4.61. The molecule has 0 amide bonds. The van der Waals surface area contributed by atoms with E-state index < -0.39 is 43.1 Å². The summed E-state index contributed by atoms with van der Waals surface area (Å²) in [6.07, 6.45) is -4.36. The molecule has 1 fully saturated rings. The van der Waals surface area contributed by atoms with Crippen molar-refractivity contribution in [2.24, 2.45) is 0 Å². The molecule has 2 aromatic carbocycles. The fourth-order valence-electron chi connectivity index (χ4n) is 2.92. The number of ether oxygens (including phenoxy) is 2. The number of phenols is 3. The van der Waals surface area contributed by atoms with Gasteiger partial charge in [-0.15, -0.1) is 0 Å². The molecule has 0 saturated carbocycles. The molecule has 29 heavy (non-hydrogen) atoms. The standard InChI is InChI=1S/C20H22O9/c21-9-15-16(25)17(26)18(27)20(28-15)29-19-11(7-13(23)8-14(19)24)4-1-10-2-5-12(22)6-3-10/h1-8,15-18,20-27H,9H2/b4-1+/t15-,16-,17+,18-,20?/m1/s1. The molecule has 0 bridgehead atoms. The van der Waals surface area contributed by atoms with Gasteiger partial charge in [0.05, 0.1) is 6.61 Å². The van der Waals surface area contributed by atoms with Gasteiger partial charge in [0.1, 0.15) is 35.9 Å². The van der Waals surface area contributed by atoms with Crippen LogP contribution in [0.15, 0.2) is 36.4 Å². The zero-order valence-corrected chi connectivity index (χ0v) is 15.2. The Labute approximate surface area is 165 Å². The first kappa shape index (κ1) is 20.9. The normalized spacial score (nSPS) is 27.2. The molecule has 1 unspecified atom stereocenters. The second kappa shape index (κ2) is 8.68. The van der Waals surface area contributed by atoms with Crippen molar-refractivity contribution >= 4 is 12.2 Å². The Kier molecular flexibility index (Phi) is 6.26. The summed E-state index contributed by atoms with van der Waals surface area (Å²) in [5.41, 5.74) is 0.942. The van der Waals surface area contributed by atoms with Crippen molar-refractivity contribution in [1.82, 2.24) is 0 Å². The summed E-state index contributed by atoms with van der Waals surface area (Å²) in [4.78, 5) is 0. The molecule has 156 valence electrons. The smallest absolute Gasteiger partial charge is 0.229 e. The molecule has 3 rings (SSSR count). The average molecular weight is 406 g/mol. The third-order valence-electron chi connectivity index (χ3n) is 4.51. The Morgan fingerprint density at radius 1 is 0.862 bits per heavy atom. The van der Waals surface area contributed by atoms with Gasteiger partial charge in [0.15, 0.2) is 11.5 Å². The highest BCUT2D eigenvalue weighted by molar-refractivity contribution is 5.75. The number of phenolic OH excluding ortho intramolecular Hbond substituents is 3. The lowest BCUT2D eigenvalue weighted by molar-refractivity contribution is -0.277. The zero-order valence-electron chi connectivity index (χ0n) is 15.2. The van der Waals surface area contributed by atoms with Crippen LogP contribution in [0.5, 0.6) is 23.0 Å². The van der Waals surface area contributed by atoms with Crippen molar-refractivity contribution in [3.8, 4) is 23.0 Å². The Morgan fingerprint density at radius 3 is 2.21 bits per heavy atom. The summed E-state index contributed by atoms with van der Waals surface area (Å²) in [6.45, 7) is -0.625. The van der Waals surface area contributed by atoms with E-state index in [0.717, 1.165) is 6.07 Å². The molecule has 0 spiro atoms. The van der Waals surface area contributed by atoms with Gasteiger partial charge in [-0.25, -0.2) is 0 Å². The lowest BCUT2D eigenvalue weighted by Gasteiger charge is -2.39. The van der Waals surface area contributed by atoms with Crippen LogP contribution in [-0.2, 0) is 4.74 Å². The van der Waals surface area contributed by atoms with Crippen molar-refractivity contribution < 1.29 is 45.2 Å².